The summed E-state index contributed by atoms with van der Waals surface area (Å²) < 4.78 is 32.3. The van der Waals surface area contributed by atoms with Crippen molar-refractivity contribution < 1.29 is 22.4 Å². The molecule has 0 spiro atoms. The van der Waals surface area contributed by atoms with Gasteiger partial charge in [-0.1, -0.05) is 0 Å². The van der Waals surface area contributed by atoms with Gasteiger partial charge in [-0.15, -0.1) is 0 Å². The summed E-state index contributed by atoms with van der Waals surface area (Å²) in [4.78, 5) is 24.5. The number of furan rings is 1. The zero-order valence-electron chi connectivity index (χ0n) is 17.3. The maximum Gasteiger partial charge on any atom is 0.291 e. The lowest BCUT2D eigenvalue weighted by Crippen LogP contribution is -2.40. The molecule has 1 heterocycles. The van der Waals surface area contributed by atoms with Crippen molar-refractivity contribution >= 4 is 33.2 Å². The number of benzene rings is 2. The average molecular weight is 442 g/mol. The molecule has 0 aliphatic heterocycles. The van der Waals surface area contributed by atoms with Crippen molar-refractivity contribution in [1.29, 1.82) is 0 Å². The second-order valence-corrected chi connectivity index (χ2v) is 9.53. The highest BCUT2D eigenvalue weighted by atomic mass is 32.2. The van der Waals surface area contributed by atoms with E-state index in [1.54, 1.807) is 57.2 Å². The first-order valence-corrected chi connectivity index (χ1v) is 10.9. The van der Waals surface area contributed by atoms with Gasteiger partial charge in [-0.25, -0.2) is 13.1 Å². The number of sulfonamides is 1. The molecule has 0 aliphatic rings. The van der Waals surface area contributed by atoms with Gasteiger partial charge in [-0.2, -0.15) is 0 Å². The standard InChI is InChI=1S/C22H23N3O5S/c1-22(2,3)25-31(28,29)18-12-6-15(7-13-18)20(26)23-16-8-10-17(11-9-16)24-21(27)19-5-4-14-30-19/h4-14,25H,1-3H3,(H,23,26)(H,24,27). The first-order valence-electron chi connectivity index (χ1n) is 9.44. The molecule has 1 aromatic heterocycles. The van der Waals surface area contributed by atoms with Crippen LogP contribution < -0.4 is 15.4 Å². The molecule has 2 aromatic carbocycles. The van der Waals surface area contributed by atoms with Crippen molar-refractivity contribution in [2.45, 2.75) is 31.2 Å². The summed E-state index contributed by atoms with van der Waals surface area (Å²) in [5.41, 5.74) is 0.760. The SMILES string of the molecule is CC(C)(C)NS(=O)(=O)c1ccc(C(=O)Nc2ccc(NC(=O)c3ccco3)cc2)cc1. The van der Waals surface area contributed by atoms with E-state index in [1.165, 1.54) is 30.5 Å². The Hall–Kier alpha value is -3.43. The van der Waals surface area contributed by atoms with E-state index in [0.29, 0.717) is 16.9 Å². The van der Waals surface area contributed by atoms with Gasteiger partial charge >= 0.3 is 0 Å². The van der Waals surface area contributed by atoms with Gasteiger partial charge in [-0.3, -0.25) is 9.59 Å². The van der Waals surface area contributed by atoms with Crippen LogP contribution >= 0.6 is 0 Å². The minimum atomic E-state index is -3.67. The number of carbonyl (C=O) groups excluding carboxylic acids is 2. The van der Waals surface area contributed by atoms with Gasteiger partial charge < -0.3 is 15.1 Å². The molecule has 8 nitrogen and oxygen atoms in total. The minimum absolute atomic E-state index is 0.0793. The lowest BCUT2D eigenvalue weighted by Gasteiger charge is -2.20. The fourth-order valence-corrected chi connectivity index (χ4v) is 4.11. The zero-order valence-corrected chi connectivity index (χ0v) is 18.1. The quantitative estimate of drug-likeness (QED) is 0.537. The van der Waals surface area contributed by atoms with Gasteiger partial charge in [0.2, 0.25) is 10.0 Å². The number of carbonyl (C=O) groups is 2. The molecule has 2 amide bonds. The summed E-state index contributed by atoms with van der Waals surface area (Å²) in [6.07, 6.45) is 1.41. The normalized spacial score (nSPS) is 11.7. The van der Waals surface area contributed by atoms with Crippen molar-refractivity contribution in [3.05, 3.63) is 78.3 Å². The third kappa shape index (κ3) is 6.03. The minimum Gasteiger partial charge on any atom is -0.459 e. The van der Waals surface area contributed by atoms with E-state index in [-0.39, 0.29) is 22.5 Å². The number of hydrogen-bond acceptors (Lipinski definition) is 5. The van der Waals surface area contributed by atoms with Crippen molar-refractivity contribution in [3.63, 3.8) is 0 Å². The van der Waals surface area contributed by atoms with Crippen LogP contribution in [-0.2, 0) is 10.0 Å². The summed E-state index contributed by atoms with van der Waals surface area (Å²) in [5.74, 6) is -0.571. The number of anilines is 2. The molecule has 0 unspecified atom stereocenters. The van der Waals surface area contributed by atoms with Gasteiger partial charge in [0.1, 0.15) is 0 Å². The van der Waals surface area contributed by atoms with Crippen LogP contribution in [0.2, 0.25) is 0 Å². The molecule has 31 heavy (non-hydrogen) atoms. The number of nitrogens with one attached hydrogen (secondary N) is 3. The van der Waals surface area contributed by atoms with Crippen LogP contribution in [-0.4, -0.2) is 25.8 Å². The molecule has 0 saturated carbocycles. The van der Waals surface area contributed by atoms with Crippen LogP contribution in [0.1, 0.15) is 41.7 Å². The summed E-state index contributed by atoms with van der Waals surface area (Å²) in [6, 6.07) is 15.4. The largest absolute Gasteiger partial charge is 0.459 e. The lowest BCUT2D eigenvalue weighted by molar-refractivity contribution is 0.0994. The van der Waals surface area contributed by atoms with Crippen LogP contribution in [0, 0.1) is 0 Å². The van der Waals surface area contributed by atoms with Crippen LogP contribution in [0.4, 0.5) is 11.4 Å². The molecule has 0 aliphatic carbocycles. The molecule has 3 N–H and O–H groups in total. The van der Waals surface area contributed by atoms with Crippen molar-refractivity contribution in [2.24, 2.45) is 0 Å². The van der Waals surface area contributed by atoms with Crippen LogP contribution in [0.5, 0.6) is 0 Å². The Balaban J connectivity index is 1.63. The Kier molecular flexibility index (Phi) is 6.28. The summed E-state index contributed by atoms with van der Waals surface area (Å²) in [6.45, 7) is 5.25. The zero-order chi connectivity index (χ0) is 22.6. The summed E-state index contributed by atoms with van der Waals surface area (Å²) in [5, 5.41) is 5.41. The molecule has 162 valence electrons. The predicted octanol–water partition coefficient (Wildman–Crippen LogP) is 3.86. The van der Waals surface area contributed by atoms with E-state index in [2.05, 4.69) is 15.4 Å². The summed E-state index contributed by atoms with van der Waals surface area (Å²) >= 11 is 0. The Bertz CT molecular complexity index is 1160. The van der Waals surface area contributed by atoms with Crippen molar-refractivity contribution in [2.75, 3.05) is 10.6 Å². The highest BCUT2D eigenvalue weighted by Crippen LogP contribution is 2.17. The molecule has 9 heteroatoms. The Labute approximate surface area is 180 Å². The van der Waals surface area contributed by atoms with E-state index in [9.17, 15) is 18.0 Å². The van der Waals surface area contributed by atoms with E-state index in [1.807, 2.05) is 0 Å². The van der Waals surface area contributed by atoms with Gasteiger partial charge in [0, 0.05) is 22.5 Å². The van der Waals surface area contributed by atoms with Crippen molar-refractivity contribution in [3.8, 4) is 0 Å². The fraction of sp³-hybridized carbons (Fsp3) is 0.182. The predicted molar refractivity (Wildman–Crippen MR) is 118 cm³/mol. The fourth-order valence-electron chi connectivity index (χ4n) is 2.69. The smallest absolute Gasteiger partial charge is 0.291 e. The number of amides is 2. The number of rotatable bonds is 6. The Morgan fingerprint density at radius 3 is 1.84 bits per heavy atom. The van der Waals surface area contributed by atoms with Gasteiger partial charge in [0.25, 0.3) is 11.8 Å². The molecule has 0 saturated heterocycles. The molecule has 0 atom stereocenters. The molecule has 3 aromatic rings. The molecule has 0 fully saturated rings. The second-order valence-electron chi connectivity index (χ2n) is 7.84. The third-order valence-electron chi connectivity index (χ3n) is 4.01. The van der Waals surface area contributed by atoms with Crippen LogP contribution in [0.25, 0.3) is 0 Å². The molecular formula is C22H23N3O5S. The van der Waals surface area contributed by atoms with E-state index in [0.717, 1.165) is 0 Å². The first kappa shape index (κ1) is 22.3. The summed E-state index contributed by atoms with van der Waals surface area (Å²) in [7, 11) is -3.67. The van der Waals surface area contributed by atoms with E-state index >= 15 is 0 Å². The highest BCUT2D eigenvalue weighted by Gasteiger charge is 2.22. The maximum absolute atomic E-state index is 12.5. The number of hydrogen-bond donors (Lipinski definition) is 3. The maximum atomic E-state index is 12.5. The van der Waals surface area contributed by atoms with Gasteiger partial charge in [0.05, 0.1) is 11.2 Å². The lowest BCUT2D eigenvalue weighted by atomic mass is 10.1. The van der Waals surface area contributed by atoms with E-state index in [4.69, 9.17) is 4.42 Å². The van der Waals surface area contributed by atoms with Crippen LogP contribution in [0.3, 0.4) is 0 Å². The Morgan fingerprint density at radius 2 is 1.35 bits per heavy atom. The molecule has 3 rings (SSSR count). The second kappa shape index (κ2) is 8.75. The van der Waals surface area contributed by atoms with E-state index < -0.39 is 15.6 Å². The Morgan fingerprint density at radius 1 is 0.806 bits per heavy atom. The topological polar surface area (TPSA) is 118 Å². The molecule has 0 bridgehead atoms. The monoisotopic (exact) mass is 441 g/mol. The van der Waals surface area contributed by atoms with Crippen molar-refractivity contribution in [1.82, 2.24) is 4.72 Å². The first-order chi connectivity index (χ1) is 14.5. The van der Waals surface area contributed by atoms with Gasteiger partial charge in [-0.05, 0) is 81.4 Å². The van der Waals surface area contributed by atoms with Crippen LogP contribution in [0.15, 0.2) is 76.2 Å². The molecule has 0 radical (unpaired) electrons. The highest BCUT2D eigenvalue weighted by molar-refractivity contribution is 7.89. The molecular weight excluding hydrogens is 418 g/mol. The third-order valence-corrected chi connectivity index (χ3v) is 5.79. The van der Waals surface area contributed by atoms with Gasteiger partial charge in [0.15, 0.2) is 5.76 Å². The average Bonchev–Trinajstić information content (AvgIpc) is 3.23.